The van der Waals surface area contributed by atoms with Crippen LogP contribution >= 0.6 is 0 Å². The number of esters is 2. The Labute approximate surface area is 172 Å². The molecule has 0 aliphatic heterocycles. The molecule has 0 unspecified atom stereocenters. The predicted octanol–water partition coefficient (Wildman–Crippen LogP) is 3.19. The van der Waals surface area contributed by atoms with Gasteiger partial charge in [-0.3, -0.25) is 14.9 Å². The fraction of sp³-hybridized carbons (Fsp3) is 0.182. The van der Waals surface area contributed by atoms with E-state index in [1.54, 1.807) is 13.8 Å². The van der Waals surface area contributed by atoms with Gasteiger partial charge in [0.15, 0.2) is 0 Å². The number of benzene rings is 2. The third-order valence-electron chi connectivity index (χ3n) is 4.56. The number of hydrogen-bond donors (Lipinski definition) is 1. The fourth-order valence-electron chi connectivity index (χ4n) is 3.12. The molecule has 8 nitrogen and oxygen atoms in total. The van der Waals surface area contributed by atoms with Gasteiger partial charge < -0.3 is 9.47 Å². The number of ether oxygens (including phenoxy) is 2. The number of H-pyrrole nitrogens is 1. The summed E-state index contributed by atoms with van der Waals surface area (Å²) < 4.78 is 11.0. The summed E-state index contributed by atoms with van der Waals surface area (Å²) in [5, 5.41) is 3.04. The first kappa shape index (κ1) is 20.8. The molecule has 3 rings (SSSR count). The molecule has 0 bridgehead atoms. The molecule has 30 heavy (non-hydrogen) atoms. The first-order chi connectivity index (χ1) is 14.4. The number of aromatic nitrogens is 2. The molecule has 0 aliphatic carbocycles. The molecular weight excluding hydrogens is 386 g/mol. The minimum Gasteiger partial charge on any atom is -0.465 e. The van der Waals surface area contributed by atoms with Crippen molar-refractivity contribution in [3.8, 4) is 5.69 Å². The van der Waals surface area contributed by atoms with E-state index in [-0.39, 0.29) is 22.4 Å². The van der Waals surface area contributed by atoms with Crippen molar-refractivity contribution in [1.29, 1.82) is 0 Å². The largest absolute Gasteiger partial charge is 0.465 e. The molecule has 0 fully saturated rings. The highest BCUT2D eigenvalue weighted by Gasteiger charge is 2.19. The summed E-state index contributed by atoms with van der Waals surface area (Å²) in [4.78, 5) is 41.5. The van der Waals surface area contributed by atoms with Gasteiger partial charge in [0.1, 0.15) is 0 Å². The van der Waals surface area contributed by atoms with Crippen LogP contribution in [0.3, 0.4) is 0 Å². The Morgan fingerprint density at radius 3 is 2.30 bits per heavy atom. The number of aryl methyl sites for hydroxylation is 1. The molecule has 0 saturated carbocycles. The van der Waals surface area contributed by atoms with Gasteiger partial charge in [0, 0.05) is 5.69 Å². The Kier molecular flexibility index (Phi) is 5.96. The van der Waals surface area contributed by atoms with Gasteiger partial charge in [0.2, 0.25) is 0 Å². The lowest BCUT2D eigenvalue weighted by Crippen LogP contribution is -2.19. The number of para-hydroxylation sites is 1. The highest BCUT2D eigenvalue weighted by atomic mass is 16.5. The molecule has 1 N–H and O–H groups in total. The minimum absolute atomic E-state index is 0.168. The molecule has 0 atom stereocenters. The molecule has 0 radical (unpaired) electrons. The Morgan fingerprint density at radius 2 is 1.67 bits per heavy atom. The first-order valence-corrected chi connectivity index (χ1v) is 9.10. The van der Waals surface area contributed by atoms with Gasteiger partial charge in [-0.2, -0.15) is 0 Å². The van der Waals surface area contributed by atoms with Crippen molar-refractivity contribution in [1.82, 2.24) is 9.78 Å². The zero-order valence-electron chi connectivity index (χ0n) is 17.1. The van der Waals surface area contributed by atoms with Crippen LogP contribution in [-0.4, -0.2) is 41.7 Å². The van der Waals surface area contributed by atoms with Crippen LogP contribution < -0.4 is 5.56 Å². The summed E-state index contributed by atoms with van der Waals surface area (Å²) in [6.07, 6.45) is 0. The lowest BCUT2D eigenvalue weighted by Gasteiger charge is -2.07. The SMILES string of the molecule is COC(=O)c1ccc(C(=O)OC)c(N=C(C)c2c(C)[nH]n(-c3ccccc3)c2=O)c1. The van der Waals surface area contributed by atoms with E-state index in [0.29, 0.717) is 22.7 Å². The Balaban J connectivity index is 2.14. The monoisotopic (exact) mass is 407 g/mol. The molecular formula is C22H21N3O5. The summed E-state index contributed by atoms with van der Waals surface area (Å²) >= 11 is 0. The van der Waals surface area contributed by atoms with E-state index in [9.17, 15) is 14.4 Å². The number of methoxy groups -OCH3 is 2. The van der Waals surface area contributed by atoms with Gasteiger partial charge in [-0.1, -0.05) is 18.2 Å². The van der Waals surface area contributed by atoms with Crippen molar-refractivity contribution in [3.05, 3.63) is 81.3 Å². The van der Waals surface area contributed by atoms with Gasteiger partial charge in [-0.05, 0) is 44.2 Å². The molecule has 1 heterocycles. The molecule has 0 aliphatic rings. The molecule has 8 heteroatoms. The van der Waals surface area contributed by atoms with Gasteiger partial charge >= 0.3 is 11.9 Å². The van der Waals surface area contributed by atoms with Crippen molar-refractivity contribution in [3.63, 3.8) is 0 Å². The number of carbonyl (C=O) groups is 2. The van der Waals surface area contributed by atoms with Crippen molar-refractivity contribution in [2.24, 2.45) is 4.99 Å². The number of aromatic amines is 1. The van der Waals surface area contributed by atoms with E-state index < -0.39 is 11.9 Å². The van der Waals surface area contributed by atoms with Crippen molar-refractivity contribution < 1.29 is 19.1 Å². The van der Waals surface area contributed by atoms with Gasteiger partial charge in [0.05, 0.1) is 48.0 Å². The molecule has 0 saturated heterocycles. The zero-order valence-corrected chi connectivity index (χ0v) is 17.1. The summed E-state index contributed by atoms with van der Waals surface area (Å²) in [5.41, 5.74) is 2.39. The van der Waals surface area contributed by atoms with Crippen LogP contribution in [0.25, 0.3) is 5.69 Å². The van der Waals surface area contributed by atoms with E-state index in [4.69, 9.17) is 9.47 Å². The lowest BCUT2D eigenvalue weighted by atomic mass is 10.1. The molecule has 0 amide bonds. The third-order valence-corrected chi connectivity index (χ3v) is 4.56. The maximum Gasteiger partial charge on any atom is 0.340 e. The Morgan fingerprint density at radius 1 is 1.00 bits per heavy atom. The number of hydrogen-bond acceptors (Lipinski definition) is 6. The fourth-order valence-corrected chi connectivity index (χ4v) is 3.12. The summed E-state index contributed by atoms with van der Waals surface area (Å²) in [6, 6.07) is 13.5. The Bertz CT molecular complexity index is 1190. The minimum atomic E-state index is -0.606. The van der Waals surface area contributed by atoms with Gasteiger partial charge in [0.25, 0.3) is 5.56 Å². The van der Waals surface area contributed by atoms with Crippen LogP contribution in [0.15, 0.2) is 58.3 Å². The van der Waals surface area contributed by atoms with E-state index in [1.165, 1.54) is 37.1 Å². The second-order valence-electron chi connectivity index (χ2n) is 6.50. The normalized spacial score (nSPS) is 11.3. The quantitative estimate of drug-likeness (QED) is 0.517. The highest BCUT2D eigenvalue weighted by molar-refractivity contribution is 6.04. The van der Waals surface area contributed by atoms with Crippen LogP contribution in [0.2, 0.25) is 0 Å². The van der Waals surface area contributed by atoms with E-state index in [0.717, 1.165) is 0 Å². The Hall–Kier alpha value is -3.94. The molecule has 1 aromatic heterocycles. The van der Waals surface area contributed by atoms with Crippen LogP contribution in [0, 0.1) is 6.92 Å². The molecule has 154 valence electrons. The third kappa shape index (κ3) is 3.93. The van der Waals surface area contributed by atoms with Crippen LogP contribution in [-0.2, 0) is 9.47 Å². The van der Waals surface area contributed by atoms with Crippen molar-refractivity contribution >= 4 is 23.3 Å². The second kappa shape index (κ2) is 8.60. The van der Waals surface area contributed by atoms with E-state index in [1.807, 2.05) is 30.3 Å². The van der Waals surface area contributed by atoms with Gasteiger partial charge in [-0.25, -0.2) is 14.3 Å². The maximum absolute atomic E-state index is 13.0. The first-order valence-electron chi connectivity index (χ1n) is 9.10. The van der Waals surface area contributed by atoms with E-state index in [2.05, 4.69) is 10.1 Å². The second-order valence-corrected chi connectivity index (χ2v) is 6.50. The number of nitrogens with zero attached hydrogens (tertiary/aromatic N) is 2. The molecule has 0 spiro atoms. The average molecular weight is 407 g/mol. The summed E-state index contributed by atoms with van der Waals surface area (Å²) in [6.45, 7) is 3.43. The maximum atomic E-state index is 13.0. The van der Waals surface area contributed by atoms with Crippen molar-refractivity contribution in [2.75, 3.05) is 14.2 Å². The molecule has 3 aromatic rings. The highest BCUT2D eigenvalue weighted by Crippen LogP contribution is 2.24. The van der Waals surface area contributed by atoms with Crippen LogP contribution in [0.5, 0.6) is 0 Å². The summed E-state index contributed by atoms with van der Waals surface area (Å²) in [5.74, 6) is -1.17. The zero-order chi connectivity index (χ0) is 21.8. The standard InChI is InChI=1S/C22H21N3O5/c1-13(19-14(2)24-25(20(19)26)16-8-6-5-7-9-16)23-18-12-15(21(27)29-3)10-11-17(18)22(28)30-4/h5-12,24H,1-4H3. The topological polar surface area (TPSA) is 103 Å². The number of nitrogens with one attached hydrogen (secondary N) is 1. The van der Waals surface area contributed by atoms with Crippen LogP contribution in [0.4, 0.5) is 5.69 Å². The number of aliphatic imine (C=N–C) groups is 1. The number of carbonyl (C=O) groups excluding carboxylic acids is 2. The van der Waals surface area contributed by atoms with Gasteiger partial charge in [-0.15, -0.1) is 0 Å². The smallest absolute Gasteiger partial charge is 0.340 e. The van der Waals surface area contributed by atoms with Crippen molar-refractivity contribution in [2.45, 2.75) is 13.8 Å². The van der Waals surface area contributed by atoms with Crippen LogP contribution in [0.1, 0.15) is 38.9 Å². The number of rotatable bonds is 5. The lowest BCUT2D eigenvalue weighted by molar-refractivity contribution is 0.0587. The summed E-state index contributed by atoms with van der Waals surface area (Å²) in [7, 11) is 2.52. The van der Waals surface area contributed by atoms with E-state index >= 15 is 0 Å². The average Bonchev–Trinajstić information content (AvgIpc) is 3.07. The molecule has 2 aromatic carbocycles. The predicted molar refractivity (Wildman–Crippen MR) is 112 cm³/mol.